The summed E-state index contributed by atoms with van der Waals surface area (Å²) in [7, 11) is 1.51. The van der Waals surface area contributed by atoms with Gasteiger partial charge in [0.15, 0.2) is 0 Å². The number of para-hydroxylation sites is 2. The molecule has 1 aromatic heterocycles. The number of rotatable bonds is 9. The van der Waals surface area contributed by atoms with Crippen molar-refractivity contribution >= 4 is 12.0 Å². The molecule has 167 valence electrons. The monoisotopic (exact) mass is 512 g/mol. The van der Waals surface area contributed by atoms with Gasteiger partial charge in [-0.05, 0) is 18.2 Å². The van der Waals surface area contributed by atoms with E-state index < -0.39 is 0 Å². The number of nitrogens with zero attached hydrogens (tertiary/aromatic N) is 2. The van der Waals surface area contributed by atoms with E-state index >= 15 is 0 Å². The molecular formula is C24H27N2O5Y-. The number of hydrogen-bond acceptors (Lipinski definition) is 7. The standard InChI is InChI=1S/C21H18N2O5.C2H6.CH3.Y/c1-25-13-16(14-26-15-24)18-9-5-6-10-19(18)28-21-22-12-11-20(23-21)27-17-7-3-2-4-8-17;1-2;;/h2-13,15H,14H2,1H3;1-2H3;1H3;/q;;-1;/b16-13-;;;. The zero-order valence-electron chi connectivity index (χ0n) is 18.7. The fourth-order valence-electron chi connectivity index (χ4n) is 2.40. The van der Waals surface area contributed by atoms with E-state index in [1.807, 2.05) is 62.4 Å². The van der Waals surface area contributed by atoms with Crippen LogP contribution in [0.5, 0.6) is 23.4 Å². The van der Waals surface area contributed by atoms with Gasteiger partial charge in [-0.3, -0.25) is 4.79 Å². The zero-order valence-corrected chi connectivity index (χ0v) is 21.6. The molecule has 0 atom stereocenters. The Morgan fingerprint density at radius 1 is 0.969 bits per heavy atom. The molecule has 0 spiro atoms. The van der Waals surface area contributed by atoms with Crippen LogP contribution in [-0.2, 0) is 47.0 Å². The average molecular weight is 512 g/mol. The van der Waals surface area contributed by atoms with E-state index in [9.17, 15) is 4.79 Å². The molecule has 0 saturated carbocycles. The van der Waals surface area contributed by atoms with Gasteiger partial charge in [-0.25, -0.2) is 4.98 Å². The fourth-order valence-corrected chi connectivity index (χ4v) is 2.40. The van der Waals surface area contributed by atoms with Crippen LogP contribution in [-0.4, -0.2) is 30.2 Å². The smallest absolute Gasteiger partial charge is 0.325 e. The fraction of sp³-hybridized carbons (Fsp3) is 0.167. The summed E-state index contributed by atoms with van der Waals surface area (Å²) in [6.45, 7) is 4.41. The van der Waals surface area contributed by atoms with Gasteiger partial charge >= 0.3 is 6.01 Å². The number of carbonyl (C=O) groups excluding carboxylic acids is 1. The zero-order chi connectivity index (χ0) is 21.6. The number of ether oxygens (including phenoxy) is 4. The molecule has 3 aromatic rings. The molecule has 0 aliphatic heterocycles. The van der Waals surface area contributed by atoms with Crippen LogP contribution < -0.4 is 9.47 Å². The van der Waals surface area contributed by atoms with Crippen LogP contribution in [0, 0.1) is 7.43 Å². The number of benzene rings is 2. The first kappa shape index (κ1) is 29.2. The molecule has 3 rings (SSSR count). The third-order valence-corrected chi connectivity index (χ3v) is 3.57. The van der Waals surface area contributed by atoms with Crippen molar-refractivity contribution in [1.82, 2.24) is 9.97 Å². The summed E-state index contributed by atoms with van der Waals surface area (Å²) >= 11 is 0. The molecule has 8 heteroatoms. The van der Waals surface area contributed by atoms with Crippen molar-refractivity contribution in [2.45, 2.75) is 13.8 Å². The Bertz CT molecular complexity index is 952. The van der Waals surface area contributed by atoms with Crippen LogP contribution >= 0.6 is 0 Å². The maximum atomic E-state index is 10.6. The molecular weight excluding hydrogens is 485 g/mol. The topological polar surface area (TPSA) is 79.8 Å². The van der Waals surface area contributed by atoms with Crippen molar-refractivity contribution in [3.63, 3.8) is 0 Å². The summed E-state index contributed by atoms with van der Waals surface area (Å²) in [5, 5.41) is 0. The van der Waals surface area contributed by atoms with Crippen LogP contribution in [0.1, 0.15) is 19.4 Å². The number of hydrogen-bond donors (Lipinski definition) is 0. The Morgan fingerprint density at radius 2 is 1.66 bits per heavy atom. The average Bonchev–Trinajstić information content (AvgIpc) is 2.79. The van der Waals surface area contributed by atoms with E-state index in [1.54, 1.807) is 18.3 Å². The van der Waals surface area contributed by atoms with E-state index in [2.05, 4.69) is 9.97 Å². The van der Waals surface area contributed by atoms with Gasteiger partial charge in [0.2, 0.25) is 5.88 Å². The Labute approximate surface area is 214 Å². The maximum Gasteiger partial charge on any atom is 0.325 e. The van der Waals surface area contributed by atoms with E-state index in [-0.39, 0.29) is 52.8 Å². The van der Waals surface area contributed by atoms with Crippen LogP contribution in [0.25, 0.3) is 5.57 Å². The first-order chi connectivity index (χ1) is 14.8. The Morgan fingerprint density at radius 3 is 2.34 bits per heavy atom. The molecule has 1 heterocycles. The molecule has 1 radical (unpaired) electrons. The third kappa shape index (κ3) is 9.16. The Hall–Kier alpha value is -2.77. The summed E-state index contributed by atoms with van der Waals surface area (Å²) in [5.74, 6) is 1.49. The van der Waals surface area contributed by atoms with Gasteiger partial charge in [-0.1, -0.05) is 50.2 Å². The van der Waals surface area contributed by atoms with Gasteiger partial charge in [-0.15, -0.1) is 0 Å². The van der Waals surface area contributed by atoms with E-state index in [4.69, 9.17) is 18.9 Å². The molecule has 0 N–H and O–H groups in total. The van der Waals surface area contributed by atoms with Gasteiger partial charge in [0, 0.05) is 56.1 Å². The SMILES string of the molecule is CC.CO/C=C(/COC=O)c1ccccc1Oc1nccc(Oc2ccccc2)n1.[CH3-].[Y]. The summed E-state index contributed by atoms with van der Waals surface area (Å²) < 4.78 is 21.5. The van der Waals surface area contributed by atoms with Crippen molar-refractivity contribution in [3.05, 3.63) is 86.1 Å². The van der Waals surface area contributed by atoms with E-state index in [1.165, 1.54) is 13.4 Å². The van der Waals surface area contributed by atoms with Crippen molar-refractivity contribution in [2.75, 3.05) is 13.7 Å². The van der Waals surface area contributed by atoms with Gasteiger partial charge in [0.1, 0.15) is 18.1 Å². The molecule has 7 nitrogen and oxygen atoms in total. The van der Waals surface area contributed by atoms with Gasteiger partial charge in [0.25, 0.3) is 6.47 Å². The van der Waals surface area contributed by atoms with Gasteiger partial charge in [0.05, 0.1) is 13.4 Å². The van der Waals surface area contributed by atoms with Crippen LogP contribution in [0.4, 0.5) is 0 Å². The summed E-state index contributed by atoms with van der Waals surface area (Å²) in [5.41, 5.74) is 1.31. The largest absolute Gasteiger partial charge is 0.504 e. The van der Waals surface area contributed by atoms with E-state index in [0.29, 0.717) is 35.0 Å². The minimum absolute atomic E-state index is 0. The molecule has 0 aliphatic carbocycles. The minimum atomic E-state index is 0. The first-order valence-corrected chi connectivity index (χ1v) is 9.40. The number of aromatic nitrogens is 2. The molecule has 0 saturated heterocycles. The van der Waals surface area contributed by atoms with Crippen LogP contribution in [0.3, 0.4) is 0 Å². The Kier molecular flexibility index (Phi) is 15.4. The maximum absolute atomic E-state index is 10.6. The normalized spacial score (nSPS) is 9.66. The number of methoxy groups -OCH3 is 1. The molecule has 0 amide bonds. The summed E-state index contributed by atoms with van der Waals surface area (Å²) in [6, 6.07) is 18.3. The molecule has 0 bridgehead atoms. The van der Waals surface area contributed by atoms with Crippen molar-refractivity contribution < 1.29 is 56.5 Å². The summed E-state index contributed by atoms with van der Waals surface area (Å²) in [4.78, 5) is 19.0. The second kappa shape index (κ2) is 16.9. The van der Waals surface area contributed by atoms with Crippen molar-refractivity contribution in [2.24, 2.45) is 0 Å². The molecule has 0 aliphatic rings. The second-order valence-corrected chi connectivity index (χ2v) is 5.48. The minimum Gasteiger partial charge on any atom is -0.504 e. The number of carbonyl (C=O) groups is 1. The van der Waals surface area contributed by atoms with Gasteiger partial charge in [-0.2, -0.15) is 4.98 Å². The summed E-state index contributed by atoms with van der Waals surface area (Å²) in [6.07, 6.45) is 3.03. The molecule has 2 aromatic carbocycles. The molecule has 32 heavy (non-hydrogen) atoms. The van der Waals surface area contributed by atoms with Crippen LogP contribution in [0.2, 0.25) is 0 Å². The Balaban J connectivity index is 0.00000234. The van der Waals surface area contributed by atoms with Crippen molar-refractivity contribution in [1.29, 1.82) is 0 Å². The second-order valence-electron chi connectivity index (χ2n) is 5.48. The molecule has 0 unspecified atom stereocenters. The van der Waals surface area contributed by atoms with Crippen LogP contribution in [0.15, 0.2) is 73.1 Å². The predicted molar refractivity (Wildman–Crippen MR) is 120 cm³/mol. The van der Waals surface area contributed by atoms with Gasteiger partial charge < -0.3 is 26.4 Å². The molecule has 0 fully saturated rings. The van der Waals surface area contributed by atoms with Crippen molar-refractivity contribution in [3.8, 4) is 23.4 Å². The predicted octanol–water partition coefficient (Wildman–Crippen LogP) is 5.70. The first-order valence-electron chi connectivity index (χ1n) is 9.40. The van der Waals surface area contributed by atoms with E-state index in [0.717, 1.165) is 0 Å². The third-order valence-electron chi connectivity index (χ3n) is 3.57. The quantitative estimate of drug-likeness (QED) is 0.207.